The Labute approximate surface area is 226 Å². The van der Waals surface area contributed by atoms with Gasteiger partial charge in [0, 0.05) is 5.56 Å². The van der Waals surface area contributed by atoms with Gasteiger partial charge in [0.15, 0.2) is 6.10 Å². The minimum absolute atomic E-state index is 0.139. The minimum Gasteiger partial charge on any atom is -0.476 e. The van der Waals surface area contributed by atoms with E-state index in [1.807, 2.05) is 43.3 Å². The molecule has 196 valence electrons. The van der Waals surface area contributed by atoms with Gasteiger partial charge in [0.05, 0.1) is 17.1 Å². The third kappa shape index (κ3) is 5.14. The number of sulfonamides is 1. The second-order valence-corrected chi connectivity index (χ2v) is 13.0. The number of nitrogens with zero attached hydrogens (tertiary/aromatic N) is 3. The molecule has 0 saturated heterocycles. The molecule has 5 rings (SSSR count). The number of carbonyl (C=O) groups excluding carboxylic acids is 1. The SMILES string of the molecule is Cc1ccc(-c2nnc(NC(=O)C3CN(S(=O)(=O)c4ccccc4)c4cc(C(C)(C)C)ccc4O3)s2)cc1. The van der Waals surface area contributed by atoms with Gasteiger partial charge in [0.1, 0.15) is 10.8 Å². The Morgan fingerprint density at radius 1 is 1.03 bits per heavy atom. The maximum Gasteiger partial charge on any atom is 0.269 e. The molecule has 38 heavy (non-hydrogen) atoms. The summed E-state index contributed by atoms with van der Waals surface area (Å²) in [5.74, 6) is -0.183. The summed E-state index contributed by atoms with van der Waals surface area (Å²) in [4.78, 5) is 13.4. The fourth-order valence-corrected chi connectivity index (χ4v) is 6.31. The van der Waals surface area contributed by atoms with Crippen molar-refractivity contribution in [3.8, 4) is 16.3 Å². The van der Waals surface area contributed by atoms with Crippen molar-refractivity contribution < 1.29 is 17.9 Å². The maximum atomic E-state index is 13.7. The van der Waals surface area contributed by atoms with Crippen LogP contribution in [0, 0.1) is 6.92 Å². The molecule has 0 fully saturated rings. The molecule has 1 N–H and O–H groups in total. The number of carbonyl (C=O) groups is 1. The number of hydrogen-bond acceptors (Lipinski definition) is 7. The van der Waals surface area contributed by atoms with Crippen molar-refractivity contribution in [2.24, 2.45) is 0 Å². The van der Waals surface area contributed by atoms with Gasteiger partial charge in [0.25, 0.3) is 15.9 Å². The van der Waals surface area contributed by atoms with Crippen molar-refractivity contribution in [1.82, 2.24) is 10.2 Å². The van der Waals surface area contributed by atoms with Crippen LogP contribution in [0.15, 0.2) is 77.7 Å². The number of hydrogen-bond donors (Lipinski definition) is 1. The molecule has 0 bridgehead atoms. The van der Waals surface area contributed by atoms with Gasteiger partial charge in [-0.2, -0.15) is 0 Å². The van der Waals surface area contributed by atoms with Crippen molar-refractivity contribution in [3.63, 3.8) is 0 Å². The molecule has 1 atom stereocenters. The summed E-state index contributed by atoms with van der Waals surface area (Å²) in [6, 6.07) is 21.5. The number of benzene rings is 3. The third-order valence-corrected chi connectivity index (χ3v) is 8.95. The van der Waals surface area contributed by atoms with Crippen molar-refractivity contribution in [2.75, 3.05) is 16.2 Å². The molecule has 10 heteroatoms. The Morgan fingerprint density at radius 3 is 2.42 bits per heavy atom. The summed E-state index contributed by atoms with van der Waals surface area (Å²) >= 11 is 1.24. The largest absolute Gasteiger partial charge is 0.476 e. The maximum absolute atomic E-state index is 13.7. The summed E-state index contributed by atoms with van der Waals surface area (Å²) in [6.07, 6.45) is -1.09. The molecular weight excluding hydrogens is 520 g/mol. The summed E-state index contributed by atoms with van der Waals surface area (Å²) in [5, 5.41) is 12.0. The lowest BCUT2D eigenvalue weighted by Gasteiger charge is -2.35. The van der Waals surface area contributed by atoms with E-state index < -0.39 is 22.0 Å². The Kier molecular flexibility index (Phi) is 6.70. The van der Waals surface area contributed by atoms with E-state index in [4.69, 9.17) is 4.74 Å². The van der Waals surface area contributed by atoms with Gasteiger partial charge in [-0.15, -0.1) is 10.2 Å². The van der Waals surface area contributed by atoms with E-state index in [1.54, 1.807) is 36.4 Å². The van der Waals surface area contributed by atoms with Crippen LogP contribution in [0.4, 0.5) is 10.8 Å². The Hall–Kier alpha value is -3.76. The van der Waals surface area contributed by atoms with Crippen LogP contribution >= 0.6 is 11.3 Å². The number of aryl methyl sites for hydroxylation is 1. The van der Waals surface area contributed by atoms with E-state index in [9.17, 15) is 13.2 Å². The first kappa shape index (κ1) is 25.9. The second kappa shape index (κ2) is 9.85. The van der Waals surface area contributed by atoms with Crippen LogP contribution in [0.25, 0.3) is 10.6 Å². The smallest absolute Gasteiger partial charge is 0.269 e. The number of aromatic nitrogens is 2. The quantitative estimate of drug-likeness (QED) is 0.358. The molecule has 8 nitrogen and oxygen atoms in total. The van der Waals surface area contributed by atoms with Gasteiger partial charge >= 0.3 is 0 Å². The predicted molar refractivity (Wildman–Crippen MR) is 149 cm³/mol. The van der Waals surface area contributed by atoms with Gasteiger partial charge in [0.2, 0.25) is 5.13 Å². The minimum atomic E-state index is -3.96. The van der Waals surface area contributed by atoms with Crippen molar-refractivity contribution in [1.29, 1.82) is 0 Å². The standard InChI is InChI=1S/C28H28N4O4S2/c1-18-10-12-19(13-11-18)26-30-31-27(37-26)29-25(33)24-17-32(38(34,35)21-8-6-5-7-9-21)22-16-20(28(2,3)4)14-15-23(22)36-24/h5-16,24H,17H2,1-4H3,(H,29,31,33). The molecule has 4 aromatic rings. The first-order valence-corrected chi connectivity index (χ1v) is 14.4. The molecule has 0 aliphatic carbocycles. The zero-order valence-corrected chi connectivity index (χ0v) is 23.1. The Bertz CT molecular complexity index is 1580. The molecule has 3 aromatic carbocycles. The van der Waals surface area contributed by atoms with Gasteiger partial charge in [-0.1, -0.05) is 86.2 Å². The summed E-state index contributed by atoms with van der Waals surface area (Å²) < 4.78 is 34.8. The van der Waals surface area contributed by atoms with E-state index in [1.165, 1.54) is 15.6 Å². The van der Waals surface area contributed by atoms with Crippen molar-refractivity contribution in [3.05, 3.63) is 83.9 Å². The van der Waals surface area contributed by atoms with Gasteiger partial charge in [-0.05, 0) is 42.2 Å². The van der Waals surface area contributed by atoms with E-state index >= 15 is 0 Å². The normalized spacial score (nSPS) is 15.5. The molecule has 0 radical (unpaired) electrons. The molecule has 0 spiro atoms. The summed E-state index contributed by atoms with van der Waals surface area (Å²) in [5.41, 5.74) is 3.17. The third-order valence-electron chi connectivity index (χ3n) is 6.27. The fraction of sp³-hybridized carbons (Fsp3) is 0.250. The van der Waals surface area contributed by atoms with Gasteiger partial charge in [-0.3, -0.25) is 14.4 Å². The van der Waals surface area contributed by atoms with E-state index in [0.29, 0.717) is 21.6 Å². The number of amides is 1. The molecule has 1 aliphatic heterocycles. The highest BCUT2D eigenvalue weighted by Gasteiger charge is 2.38. The monoisotopic (exact) mass is 548 g/mol. The Balaban J connectivity index is 1.45. The first-order valence-electron chi connectivity index (χ1n) is 12.1. The average molecular weight is 549 g/mol. The van der Waals surface area contributed by atoms with Crippen LogP contribution in [-0.4, -0.2) is 37.2 Å². The molecule has 1 amide bonds. The number of nitrogens with one attached hydrogen (secondary N) is 1. The molecule has 1 aromatic heterocycles. The molecule has 0 saturated carbocycles. The highest BCUT2D eigenvalue weighted by molar-refractivity contribution is 7.92. The number of ether oxygens (including phenoxy) is 1. The molecule has 1 aliphatic rings. The van der Waals surface area contributed by atoms with Crippen LogP contribution in [0.2, 0.25) is 0 Å². The molecule has 1 unspecified atom stereocenters. The number of anilines is 2. The van der Waals surface area contributed by atoms with Crippen LogP contribution in [0.3, 0.4) is 0 Å². The van der Waals surface area contributed by atoms with Crippen LogP contribution in [0.1, 0.15) is 31.9 Å². The zero-order valence-electron chi connectivity index (χ0n) is 21.5. The van der Waals surface area contributed by atoms with Crippen molar-refractivity contribution in [2.45, 2.75) is 44.1 Å². The van der Waals surface area contributed by atoms with Crippen molar-refractivity contribution >= 4 is 38.1 Å². The second-order valence-electron chi connectivity index (χ2n) is 10.2. The Morgan fingerprint density at radius 2 is 1.74 bits per heavy atom. The topological polar surface area (TPSA) is 101 Å². The average Bonchev–Trinajstić information content (AvgIpc) is 3.36. The fourth-order valence-electron chi connectivity index (χ4n) is 4.07. The number of rotatable bonds is 5. The van der Waals surface area contributed by atoms with Crippen LogP contribution in [-0.2, 0) is 20.2 Å². The predicted octanol–water partition coefficient (Wildman–Crippen LogP) is 5.41. The summed E-state index contributed by atoms with van der Waals surface area (Å²) in [7, 11) is -3.96. The van der Waals surface area contributed by atoms with E-state index in [-0.39, 0.29) is 16.9 Å². The van der Waals surface area contributed by atoms with E-state index in [0.717, 1.165) is 16.7 Å². The lowest BCUT2D eigenvalue weighted by Crippen LogP contribution is -2.49. The molecular formula is C28H28N4O4S2. The van der Waals surface area contributed by atoms with Crippen LogP contribution < -0.4 is 14.4 Å². The number of fused-ring (bicyclic) bond motifs is 1. The first-order chi connectivity index (χ1) is 18.0. The lowest BCUT2D eigenvalue weighted by atomic mass is 9.86. The van der Waals surface area contributed by atoms with Gasteiger partial charge < -0.3 is 4.74 Å². The lowest BCUT2D eigenvalue weighted by molar-refractivity contribution is -0.122. The molecule has 2 heterocycles. The van der Waals surface area contributed by atoms with Gasteiger partial charge in [-0.25, -0.2) is 8.42 Å². The highest BCUT2D eigenvalue weighted by Crippen LogP contribution is 2.40. The highest BCUT2D eigenvalue weighted by atomic mass is 32.2. The van der Waals surface area contributed by atoms with Crippen LogP contribution in [0.5, 0.6) is 5.75 Å². The summed E-state index contributed by atoms with van der Waals surface area (Å²) in [6.45, 7) is 7.98. The van der Waals surface area contributed by atoms with E-state index in [2.05, 4.69) is 36.3 Å². The zero-order chi connectivity index (χ0) is 27.1.